The zero-order valence-corrected chi connectivity index (χ0v) is 22.5. The number of carbonyl (C=O) groups is 1. The molecule has 0 aliphatic carbocycles. The summed E-state index contributed by atoms with van der Waals surface area (Å²) in [7, 11) is -4.27. The first kappa shape index (κ1) is 28.0. The predicted molar refractivity (Wildman–Crippen MR) is 142 cm³/mol. The molecule has 0 bridgehead atoms. The Morgan fingerprint density at radius 1 is 1.18 bits per heavy atom. The number of rotatable bonds is 7. The molecule has 1 unspecified atom stereocenters. The van der Waals surface area contributed by atoms with Gasteiger partial charge in [0.15, 0.2) is 5.82 Å². The second-order valence-electron chi connectivity index (χ2n) is 9.78. The van der Waals surface area contributed by atoms with E-state index in [1.165, 1.54) is 0 Å². The summed E-state index contributed by atoms with van der Waals surface area (Å²) < 4.78 is 55.4. The lowest BCUT2D eigenvalue weighted by molar-refractivity contribution is 0.102. The first-order valence-electron chi connectivity index (χ1n) is 12.0. The van der Waals surface area contributed by atoms with Crippen molar-refractivity contribution in [2.24, 2.45) is 0 Å². The SMILES string of the molecule is CC1(C)c2[nH]nc(NC(=O)c3ccccc3NCC3CCCN3)c2CN1S(=O)(=O)c1cc(F)cc(F)c1.Cl. The van der Waals surface area contributed by atoms with Crippen LogP contribution >= 0.6 is 12.4 Å². The number of halogens is 3. The van der Waals surface area contributed by atoms with Crippen LogP contribution in [-0.4, -0.2) is 48.0 Å². The van der Waals surface area contributed by atoms with Gasteiger partial charge in [-0.2, -0.15) is 9.40 Å². The summed E-state index contributed by atoms with van der Waals surface area (Å²) in [4.78, 5) is 12.7. The number of hydrogen-bond acceptors (Lipinski definition) is 6. The lowest BCUT2D eigenvalue weighted by atomic mass is 10.0. The number of fused-ring (bicyclic) bond motifs is 1. The molecule has 1 atom stereocenters. The van der Waals surface area contributed by atoms with Crippen LogP contribution in [0.3, 0.4) is 0 Å². The highest BCUT2D eigenvalue weighted by molar-refractivity contribution is 7.89. The Labute approximate surface area is 225 Å². The molecule has 4 N–H and O–H groups in total. The Hall–Kier alpha value is -3.06. The summed E-state index contributed by atoms with van der Waals surface area (Å²) in [6.07, 6.45) is 2.19. The fourth-order valence-electron chi connectivity index (χ4n) is 4.96. The number of nitrogens with zero attached hydrogens (tertiary/aromatic N) is 2. The van der Waals surface area contributed by atoms with Crippen molar-refractivity contribution < 1.29 is 22.0 Å². The van der Waals surface area contributed by atoms with Crippen molar-refractivity contribution in [3.8, 4) is 0 Å². The molecule has 38 heavy (non-hydrogen) atoms. The van der Waals surface area contributed by atoms with Crippen molar-refractivity contribution in [2.45, 2.75) is 49.7 Å². The molecule has 9 nitrogen and oxygen atoms in total. The number of carbonyl (C=O) groups excluding carboxylic acids is 1. The second kappa shape index (κ2) is 10.6. The van der Waals surface area contributed by atoms with Crippen LogP contribution < -0.4 is 16.0 Å². The third kappa shape index (κ3) is 5.13. The molecule has 0 radical (unpaired) electrons. The third-order valence-corrected chi connectivity index (χ3v) is 8.93. The molecule has 1 amide bonds. The number of sulfonamides is 1. The Balaban J connectivity index is 0.00000336. The number of para-hydroxylation sites is 1. The first-order valence-corrected chi connectivity index (χ1v) is 13.5. The normalized spacial score (nSPS) is 18.6. The lowest BCUT2D eigenvalue weighted by Crippen LogP contribution is -2.40. The molecule has 2 aliphatic rings. The molecule has 1 aromatic heterocycles. The van der Waals surface area contributed by atoms with Gasteiger partial charge in [-0.1, -0.05) is 12.1 Å². The van der Waals surface area contributed by atoms with E-state index in [4.69, 9.17) is 0 Å². The van der Waals surface area contributed by atoms with E-state index in [0.717, 1.165) is 35.8 Å². The van der Waals surface area contributed by atoms with Gasteiger partial charge in [-0.25, -0.2) is 17.2 Å². The van der Waals surface area contributed by atoms with Crippen LogP contribution in [0.5, 0.6) is 0 Å². The van der Waals surface area contributed by atoms with Gasteiger partial charge >= 0.3 is 0 Å². The van der Waals surface area contributed by atoms with E-state index in [0.29, 0.717) is 41.2 Å². The molecule has 2 aliphatic heterocycles. The summed E-state index contributed by atoms with van der Waals surface area (Å²) in [5.41, 5.74) is 0.967. The average molecular weight is 567 g/mol. The minimum Gasteiger partial charge on any atom is -0.383 e. The number of benzene rings is 2. The molecule has 0 spiro atoms. The van der Waals surface area contributed by atoms with Crippen LogP contribution in [0.15, 0.2) is 47.4 Å². The summed E-state index contributed by atoms with van der Waals surface area (Å²) in [5.74, 6) is -2.18. The van der Waals surface area contributed by atoms with Crippen molar-refractivity contribution in [1.29, 1.82) is 0 Å². The number of hydrogen-bond donors (Lipinski definition) is 4. The fraction of sp³-hybridized carbons (Fsp3) is 0.360. The van der Waals surface area contributed by atoms with Crippen molar-refractivity contribution in [1.82, 2.24) is 19.8 Å². The van der Waals surface area contributed by atoms with E-state index in [1.807, 2.05) is 12.1 Å². The van der Waals surface area contributed by atoms with Crippen molar-refractivity contribution in [3.63, 3.8) is 0 Å². The topological polar surface area (TPSA) is 119 Å². The fourth-order valence-corrected chi connectivity index (χ4v) is 6.73. The smallest absolute Gasteiger partial charge is 0.258 e. The Morgan fingerprint density at radius 2 is 1.89 bits per heavy atom. The number of amides is 1. The molecule has 3 aromatic rings. The first-order chi connectivity index (χ1) is 17.6. The standard InChI is InChI=1S/C25H28F2N6O3S.ClH/c1-25(2)22-20(14-33(25)37(35,36)18-11-15(26)10-16(27)12-18)23(32-31-22)30-24(34)19-7-3-4-8-21(19)29-13-17-6-5-9-28-17;/h3-4,7-8,10-12,17,28-29H,5-6,9,13-14H2,1-2H3,(H2,30,31,32,34);1H. The maximum absolute atomic E-state index is 13.8. The van der Waals surface area contributed by atoms with E-state index in [2.05, 4.69) is 26.1 Å². The van der Waals surface area contributed by atoms with E-state index in [-0.39, 0.29) is 24.8 Å². The van der Waals surface area contributed by atoms with Gasteiger partial charge in [-0.05, 0) is 57.5 Å². The lowest BCUT2D eigenvalue weighted by Gasteiger charge is -2.30. The molecular weight excluding hydrogens is 538 g/mol. The van der Waals surface area contributed by atoms with Gasteiger partial charge in [0.1, 0.15) is 11.6 Å². The minimum atomic E-state index is -4.27. The van der Waals surface area contributed by atoms with Crippen molar-refractivity contribution >= 4 is 39.8 Å². The quantitative estimate of drug-likeness (QED) is 0.344. The van der Waals surface area contributed by atoms with Crippen LogP contribution in [-0.2, 0) is 22.1 Å². The number of anilines is 2. The maximum atomic E-state index is 13.8. The second-order valence-corrected chi connectivity index (χ2v) is 11.6. The van der Waals surface area contributed by atoms with Crippen molar-refractivity contribution in [2.75, 3.05) is 23.7 Å². The minimum absolute atomic E-state index is 0. The maximum Gasteiger partial charge on any atom is 0.258 e. The molecule has 0 saturated carbocycles. The van der Waals surface area contributed by atoms with E-state index >= 15 is 0 Å². The van der Waals surface area contributed by atoms with Gasteiger partial charge < -0.3 is 16.0 Å². The van der Waals surface area contributed by atoms with Gasteiger partial charge in [0.25, 0.3) is 5.91 Å². The summed E-state index contributed by atoms with van der Waals surface area (Å²) in [6, 6.07) is 9.66. The van der Waals surface area contributed by atoms with Gasteiger partial charge in [0, 0.05) is 36.4 Å². The highest BCUT2D eigenvalue weighted by Gasteiger charge is 2.48. The number of aromatic nitrogens is 2. The largest absolute Gasteiger partial charge is 0.383 e. The van der Waals surface area contributed by atoms with Crippen LogP contribution in [0.4, 0.5) is 20.3 Å². The average Bonchev–Trinajstić information content (AvgIpc) is 3.56. The van der Waals surface area contributed by atoms with Crippen LogP contribution in [0, 0.1) is 11.6 Å². The predicted octanol–water partition coefficient (Wildman–Crippen LogP) is 3.97. The number of nitrogens with one attached hydrogen (secondary N) is 4. The van der Waals surface area contributed by atoms with E-state index < -0.39 is 38.0 Å². The molecule has 1 saturated heterocycles. The zero-order valence-electron chi connectivity index (χ0n) is 20.8. The Kier molecular flexibility index (Phi) is 7.80. The molecule has 1 fully saturated rings. The Morgan fingerprint density at radius 3 is 2.58 bits per heavy atom. The number of H-pyrrole nitrogens is 1. The molecule has 3 heterocycles. The monoisotopic (exact) mass is 566 g/mol. The van der Waals surface area contributed by atoms with Gasteiger partial charge in [-0.3, -0.25) is 9.89 Å². The molecule has 204 valence electrons. The highest BCUT2D eigenvalue weighted by Crippen LogP contribution is 2.44. The third-order valence-electron chi connectivity index (χ3n) is 6.93. The molecule has 13 heteroatoms. The van der Waals surface area contributed by atoms with Gasteiger partial charge in [0.2, 0.25) is 10.0 Å². The van der Waals surface area contributed by atoms with Crippen molar-refractivity contribution in [3.05, 3.63) is 70.9 Å². The van der Waals surface area contributed by atoms with E-state index in [1.54, 1.807) is 26.0 Å². The Bertz CT molecular complexity index is 1440. The zero-order chi connectivity index (χ0) is 26.4. The van der Waals surface area contributed by atoms with Crippen LogP contribution in [0.1, 0.15) is 48.3 Å². The molecule has 2 aromatic carbocycles. The van der Waals surface area contributed by atoms with E-state index in [9.17, 15) is 22.0 Å². The number of aromatic amines is 1. The summed E-state index contributed by atoms with van der Waals surface area (Å²) in [6.45, 7) is 4.85. The van der Waals surface area contributed by atoms with Gasteiger partial charge in [-0.15, -0.1) is 12.4 Å². The highest BCUT2D eigenvalue weighted by atomic mass is 35.5. The summed E-state index contributed by atoms with van der Waals surface area (Å²) >= 11 is 0. The van der Waals surface area contributed by atoms with Crippen LogP contribution in [0.25, 0.3) is 0 Å². The van der Waals surface area contributed by atoms with Crippen LogP contribution in [0.2, 0.25) is 0 Å². The molecular formula is C25H29ClF2N6O3S. The van der Waals surface area contributed by atoms with Gasteiger partial charge in [0.05, 0.1) is 21.7 Å². The molecule has 5 rings (SSSR count). The summed E-state index contributed by atoms with van der Waals surface area (Å²) in [5, 5.41) is 16.6.